The highest BCUT2D eigenvalue weighted by molar-refractivity contribution is 6.31. The zero-order valence-corrected chi connectivity index (χ0v) is 15.3. The number of rotatable bonds is 6. The number of carbonyl (C=O) groups is 1. The van der Waals surface area contributed by atoms with Crippen LogP contribution in [0.1, 0.15) is 0 Å². The van der Waals surface area contributed by atoms with E-state index < -0.39 is 4.92 Å². The zero-order chi connectivity index (χ0) is 19.4. The maximum Gasteiger partial charge on any atom is 0.294 e. The molecule has 0 unspecified atom stereocenters. The van der Waals surface area contributed by atoms with Crippen LogP contribution in [0.4, 0.5) is 11.4 Å². The third kappa shape index (κ3) is 4.87. The molecule has 1 atom stereocenters. The molecule has 1 aliphatic heterocycles. The normalized spacial score (nSPS) is 15.4. The van der Waals surface area contributed by atoms with Gasteiger partial charge in [0.1, 0.15) is 18.4 Å². The Morgan fingerprint density at radius 2 is 2.07 bits per heavy atom. The lowest BCUT2D eigenvalue weighted by Gasteiger charge is -2.29. The first-order valence-corrected chi connectivity index (χ1v) is 8.61. The molecule has 0 radical (unpaired) electrons. The molecular formula is C18H18ClN3O5. The topological polar surface area (TPSA) is 93.9 Å². The predicted octanol–water partition coefficient (Wildman–Crippen LogP) is 2.96. The van der Waals surface area contributed by atoms with Crippen molar-refractivity contribution >= 4 is 28.9 Å². The van der Waals surface area contributed by atoms with Gasteiger partial charge in [-0.1, -0.05) is 23.7 Å². The van der Waals surface area contributed by atoms with E-state index in [1.807, 2.05) is 24.3 Å². The molecule has 1 N–H and O–H groups in total. The second-order valence-corrected chi connectivity index (χ2v) is 6.60. The number of nitrogens with zero attached hydrogens (tertiary/aromatic N) is 2. The highest BCUT2D eigenvalue weighted by Gasteiger charge is 2.23. The molecule has 0 fully saturated rings. The number of likely N-dealkylation sites (N-methyl/N-ethyl adjacent to an activating group) is 1. The summed E-state index contributed by atoms with van der Waals surface area (Å²) < 4.78 is 11.5. The van der Waals surface area contributed by atoms with Gasteiger partial charge in [0.2, 0.25) is 5.91 Å². The van der Waals surface area contributed by atoms with Crippen LogP contribution in [-0.2, 0) is 4.79 Å². The van der Waals surface area contributed by atoms with Gasteiger partial charge in [0, 0.05) is 17.6 Å². The summed E-state index contributed by atoms with van der Waals surface area (Å²) in [7, 11) is 1.76. The van der Waals surface area contributed by atoms with E-state index in [9.17, 15) is 14.9 Å². The van der Waals surface area contributed by atoms with Gasteiger partial charge >= 0.3 is 0 Å². The van der Waals surface area contributed by atoms with Crippen molar-refractivity contribution in [3.05, 3.63) is 57.6 Å². The van der Waals surface area contributed by atoms with Crippen molar-refractivity contribution in [2.75, 3.05) is 32.1 Å². The third-order valence-electron chi connectivity index (χ3n) is 3.93. The monoisotopic (exact) mass is 391 g/mol. The van der Waals surface area contributed by atoms with E-state index in [4.69, 9.17) is 21.1 Å². The van der Waals surface area contributed by atoms with Crippen LogP contribution in [0.15, 0.2) is 42.5 Å². The van der Waals surface area contributed by atoms with Crippen molar-refractivity contribution in [3.8, 4) is 11.5 Å². The first kappa shape index (κ1) is 18.9. The molecule has 2 aromatic rings. The van der Waals surface area contributed by atoms with Gasteiger partial charge in [-0.15, -0.1) is 0 Å². The van der Waals surface area contributed by atoms with Crippen LogP contribution >= 0.6 is 11.6 Å². The lowest BCUT2D eigenvalue weighted by Crippen LogP contribution is -2.42. The molecule has 0 saturated carbocycles. The van der Waals surface area contributed by atoms with Gasteiger partial charge in [-0.05, 0) is 31.3 Å². The summed E-state index contributed by atoms with van der Waals surface area (Å²) >= 11 is 5.78. The number of hydrogen-bond acceptors (Lipinski definition) is 6. The summed E-state index contributed by atoms with van der Waals surface area (Å²) in [5.74, 6) is 0.993. The number of ether oxygens (including phenoxy) is 2. The van der Waals surface area contributed by atoms with E-state index in [2.05, 4.69) is 5.32 Å². The van der Waals surface area contributed by atoms with Gasteiger partial charge < -0.3 is 14.8 Å². The van der Waals surface area contributed by atoms with Crippen LogP contribution in [0, 0.1) is 10.1 Å². The molecule has 0 saturated heterocycles. The standard InChI is InChI=1S/C18H18ClN3O5/c1-21(9-13-11-26-16-4-2-3-5-17(16)27-13)10-18(23)20-14-7-6-12(19)8-15(14)22(24)25/h2-8,13H,9-11H2,1H3,(H,20,23)/t13-/m1/s1. The summed E-state index contributed by atoms with van der Waals surface area (Å²) in [6, 6.07) is 11.5. The van der Waals surface area contributed by atoms with Crippen LogP contribution < -0.4 is 14.8 Å². The molecule has 27 heavy (non-hydrogen) atoms. The highest BCUT2D eigenvalue weighted by Crippen LogP contribution is 2.31. The number of nitro benzene ring substituents is 1. The first-order valence-electron chi connectivity index (χ1n) is 8.23. The first-order chi connectivity index (χ1) is 12.9. The number of para-hydroxylation sites is 2. The summed E-state index contributed by atoms with van der Waals surface area (Å²) in [6.07, 6.45) is -0.220. The van der Waals surface area contributed by atoms with Crippen molar-refractivity contribution in [2.24, 2.45) is 0 Å². The summed E-state index contributed by atoms with van der Waals surface area (Å²) in [5.41, 5.74) is -0.145. The van der Waals surface area contributed by atoms with Gasteiger partial charge in [0.05, 0.1) is 11.5 Å². The quantitative estimate of drug-likeness (QED) is 0.601. The van der Waals surface area contributed by atoms with Crippen molar-refractivity contribution in [3.63, 3.8) is 0 Å². The molecule has 142 valence electrons. The Balaban J connectivity index is 1.55. The molecule has 2 aromatic carbocycles. The Hall–Kier alpha value is -2.84. The fourth-order valence-corrected chi connectivity index (χ4v) is 2.93. The minimum Gasteiger partial charge on any atom is -0.486 e. The Morgan fingerprint density at radius 1 is 1.33 bits per heavy atom. The van der Waals surface area contributed by atoms with Crippen LogP contribution in [0.3, 0.4) is 0 Å². The van der Waals surface area contributed by atoms with E-state index >= 15 is 0 Å². The Morgan fingerprint density at radius 3 is 2.81 bits per heavy atom. The molecule has 9 heteroatoms. The summed E-state index contributed by atoms with van der Waals surface area (Å²) in [5, 5.41) is 13.9. The number of hydrogen-bond donors (Lipinski definition) is 1. The minimum atomic E-state index is -0.587. The lowest BCUT2D eigenvalue weighted by molar-refractivity contribution is -0.383. The van der Waals surface area contributed by atoms with Gasteiger partial charge in [0.25, 0.3) is 5.69 Å². The summed E-state index contributed by atoms with van der Waals surface area (Å²) in [6.45, 7) is 0.886. The van der Waals surface area contributed by atoms with Crippen LogP contribution in [0.2, 0.25) is 5.02 Å². The van der Waals surface area contributed by atoms with Crippen LogP contribution in [-0.4, -0.2) is 48.6 Å². The summed E-state index contributed by atoms with van der Waals surface area (Å²) in [4.78, 5) is 24.5. The number of anilines is 1. The average molecular weight is 392 g/mol. The maximum atomic E-state index is 12.2. The number of fused-ring (bicyclic) bond motifs is 1. The number of benzene rings is 2. The van der Waals surface area contributed by atoms with E-state index in [0.29, 0.717) is 24.7 Å². The molecule has 0 bridgehead atoms. The smallest absolute Gasteiger partial charge is 0.294 e. The number of nitrogens with one attached hydrogen (secondary N) is 1. The molecule has 1 aliphatic rings. The van der Waals surface area contributed by atoms with E-state index in [-0.39, 0.29) is 35.0 Å². The zero-order valence-electron chi connectivity index (χ0n) is 14.6. The van der Waals surface area contributed by atoms with Gasteiger partial charge in [-0.3, -0.25) is 19.8 Å². The number of halogens is 1. The largest absolute Gasteiger partial charge is 0.486 e. The van der Waals surface area contributed by atoms with Gasteiger partial charge in [-0.2, -0.15) is 0 Å². The van der Waals surface area contributed by atoms with E-state index in [1.54, 1.807) is 11.9 Å². The SMILES string of the molecule is CN(CC(=O)Nc1ccc(Cl)cc1[N+](=O)[O-])C[C@@H]1COc2ccccc2O1. The fraction of sp³-hybridized carbons (Fsp3) is 0.278. The molecule has 0 spiro atoms. The minimum absolute atomic E-state index is 0.0429. The Kier molecular flexibility index (Phi) is 5.78. The molecule has 8 nitrogen and oxygen atoms in total. The van der Waals surface area contributed by atoms with Crippen molar-refractivity contribution in [1.29, 1.82) is 0 Å². The fourth-order valence-electron chi connectivity index (χ4n) is 2.76. The molecule has 3 rings (SSSR count). The van der Waals surface area contributed by atoms with Gasteiger partial charge in [0.15, 0.2) is 11.5 Å². The van der Waals surface area contributed by atoms with E-state index in [1.165, 1.54) is 18.2 Å². The number of carbonyl (C=O) groups excluding carboxylic acids is 1. The molecule has 1 heterocycles. The average Bonchev–Trinajstić information content (AvgIpc) is 2.62. The Labute approximate surface area is 160 Å². The van der Waals surface area contributed by atoms with E-state index in [0.717, 1.165) is 0 Å². The van der Waals surface area contributed by atoms with Crippen LogP contribution in [0.25, 0.3) is 0 Å². The lowest BCUT2D eigenvalue weighted by atomic mass is 10.2. The van der Waals surface area contributed by atoms with Gasteiger partial charge in [-0.25, -0.2) is 0 Å². The molecule has 0 aromatic heterocycles. The number of amides is 1. The molecule has 1 amide bonds. The molecule has 0 aliphatic carbocycles. The Bertz CT molecular complexity index is 861. The predicted molar refractivity (Wildman–Crippen MR) is 101 cm³/mol. The molecular weight excluding hydrogens is 374 g/mol. The highest BCUT2D eigenvalue weighted by atomic mass is 35.5. The maximum absolute atomic E-state index is 12.2. The van der Waals surface area contributed by atoms with Crippen molar-refractivity contribution in [1.82, 2.24) is 4.90 Å². The second-order valence-electron chi connectivity index (χ2n) is 6.16. The van der Waals surface area contributed by atoms with Crippen LogP contribution in [0.5, 0.6) is 11.5 Å². The second kappa shape index (κ2) is 8.24. The number of nitro groups is 1. The van der Waals surface area contributed by atoms with Crippen molar-refractivity contribution < 1.29 is 19.2 Å². The third-order valence-corrected chi connectivity index (χ3v) is 4.16. The van der Waals surface area contributed by atoms with Crippen molar-refractivity contribution in [2.45, 2.75) is 6.10 Å².